The lowest BCUT2D eigenvalue weighted by atomic mass is 10.1. The predicted octanol–water partition coefficient (Wildman–Crippen LogP) is 3.64. The van der Waals surface area contributed by atoms with Crippen LogP contribution in [0.5, 0.6) is 0 Å². The van der Waals surface area contributed by atoms with Crippen LogP contribution in [0.2, 0.25) is 5.02 Å². The monoisotopic (exact) mass is 308 g/mol. The van der Waals surface area contributed by atoms with Crippen molar-refractivity contribution >= 4 is 17.5 Å². The summed E-state index contributed by atoms with van der Waals surface area (Å²) in [4.78, 5) is 14.8. The van der Waals surface area contributed by atoms with Gasteiger partial charge in [0.15, 0.2) is 0 Å². The molecule has 1 heterocycles. The average Bonchev–Trinajstić information content (AvgIpc) is 2.98. The van der Waals surface area contributed by atoms with E-state index in [-0.39, 0.29) is 5.91 Å². The molecular weight excluding hydrogens is 284 g/mol. The molecule has 1 unspecified atom stereocenters. The number of carbonyl (C=O) groups is 1. The summed E-state index contributed by atoms with van der Waals surface area (Å²) in [6.07, 6.45) is 4.50. The van der Waals surface area contributed by atoms with Crippen LogP contribution in [0.25, 0.3) is 0 Å². The lowest BCUT2D eigenvalue weighted by molar-refractivity contribution is 0.0738. The molecule has 1 saturated heterocycles. The molecule has 1 amide bonds. The topological polar surface area (TPSA) is 32.3 Å². The maximum atomic E-state index is 12.9. The van der Waals surface area contributed by atoms with E-state index in [9.17, 15) is 4.79 Å². The number of nitrogens with zero attached hydrogens (tertiary/aromatic N) is 1. The largest absolute Gasteiger partial charge is 0.337 e. The molecule has 0 saturated carbocycles. The van der Waals surface area contributed by atoms with Crippen molar-refractivity contribution in [2.45, 2.75) is 45.6 Å². The highest BCUT2D eigenvalue weighted by atomic mass is 35.5. The van der Waals surface area contributed by atoms with Gasteiger partial charge in [-0.25, -0.2) is 0 Å². The van der Waals surface area contributed by atoms with Crippen LogP contribution in [-0.4, -0.2) is 36.5 Å². The number of hydrogen-bond acceptors (Lipinski definition) is 2. The Morgan fingerprint density at radius 1 is 1.48 bits per heavy atom. The van der Waals surface area contributed by atoms with Gasteiger partial charge in [0, 0.05) is 29.7 Å². The highest BCUT2D eigenvalue weighted by Gasteiger charge is 2.23. The Bertz CT molecular complexity index is 484. The quantitative estimate of drug-likeness (QED) is 0.870. The van der Waals surface area contributed by atoms with Gasteiger partial charge in [-0.1, -0.05) is 31.0 Å². The zero-order chi connectivity index (χ0) is 15.2. The van der Waals surface area contributed by atoms with Crippen LogP contribution in [0.15, 0.2) is 18.2 Å². The van der Waals surface area contributed by atoms with Crippen LogP contribution in [0.1, 0.15) is 48.5 Å². The SMILES string of the molecule is CCCCN(CC1CCCN1)C(=O)c1cccc(Cl)c1C. The van der Waals surface area contributed by atoms with E-state index in [0.29, 0.717) is 11.1 Å². The average molecular weight is 309 g/mol. The first-order valence-corrected chi connectivity index (χ1v) is 8.29. The third-order valence-corrected chi connectivity index (χ3v) is 4.58. The number of nitrogens with one attached hydrogen (secondary N) is 1. The first-order chi connectivity index (χ1) is 10.1. The molecule has 2 rings (SSSR count). The van der Waals surface area contributed by atoms with Crippen LogP contribution < -0.4 is 5.32 Å². The number of unbranched alkanes of at least 4 members (excludes halogenated alkanes) is 1. The third-order valence-electron chi connectivity index (χ3n) is 4.17. The summed E-state index contributed by atoms with van der Waals surface area (Å²) in [5.41, 5.74) is 1.61. The molecule has 1 N–H and O–H groups in total. The van der Waals surface area contributed by atoms with Gasteiger partial charge in [0.25, 0.3) is 5.91 Å². The standard InChI is InChI=1S/C17H25ClN2O/c1-3-4-11-20(12-14-7-6-10-19-14)17(21)15-8-5-9-16(18)13(15)2/h5,8-9,14,19H,3-4,6-7,10-12H2,1-2H3. The van der Waals surface area contributed by atoms with Crippen molar-refractivity contribution < 1.29 is 4.79 Å². The van der Waals surface area contributed by atoms with Gasteiger partial charge in [0.1, 0.15) is 0 Å². The molecule has 21 heavy (non-hydrogen) atoms. The first-order valence-electron chi connectivity index (χ1n) is 7.91. The molecule has 3 nitrogen and oxygen atoms in total. The minimum Gasteiger partial charge on any atom is -0.337 e. The van der Waals surface area contributed by atoms with Gasteiger partial charge >= 0.3 is 0 Å². The normalized spacial score (nSPS) is 18.0. The van der Waals surface area contributed by atoms with Crippen molar-refractivity contribution in [2.75, 3.05) is 19.6 Å². The van der Waals surface area contributed by atoms with Gasteiger partial charge in [-0.05, 0) is 50.4 Å². The fourth-order valence-electron chi connectivity index (χ4n) is 2.81. The van der Waals surface area contributed by atoms with Gasteiger partial charge in [-0.3, -0.25) is 4.79 Å². The fourth-order valence-corrected chi connectivity index (χ4v) is 2.99. The summed E-state index contributed by atoms with van der Waals surface area (Å²) in [5.74, 6) is 0.108. The Labute approximate surface area is 132 Å². The summed E-state index contributed by atoms with van der Waals surface area (Å²) >= 11 is 6.15. The van der Waals surface area contributed by atoms with E-state index in [1.54, 1.807) is 0 Å². The highest BCUT2D eigenvalue weighted by Crippen LogP contribution is 2.21. The summed E-state index contributed by atoms with van der Waals surface area (Å²) in [7, 11) is 0. The molecule has 0 aliphatic carbocycles. The smallest absolute Gasteiger partial charge is 0.254 e. The molecular formula is C17H25ClN2O. The Balaban J connectivity index is 2.13. The van der Waals surface area contributed by atoms with E-state index < -0.39 is 0 Å². The lowest BCUT2D eigenvalue weighted by Crippen LogP contribution is -2.41. The molecule has 1 atom stereocenters. The first kappa shape index (κ1) is 16.3. The van der Waals surface area contributed by atoms with Crippen LogP contribution in [0.3, 0.4) is 0 Å². The number of rotatable bonds is 6. The van der Waals surface area contributed by atoms with E-state index in [1.165, 1.54) is 6.42 Å². The molecule has 0 spiro atoms. The van der Waals surface area contributed by atoms with Crippen LogP contribution >= 0.6 is 11.6 Å². The number of benzene rings is 1. The Morgan fingerprint density at radius 2 is 2.29 bits per heavy atom. The van der Waals surface area contributed by atoms with Crippen LogP contribution in [-0.2, 0) is 0 Å². The third kappa shape index (κ3) is 4.21. The Hall–Kier alpha value is -1.06. The molecule has 0 aromatic heterocycles. The van der Waals surface area contributed by atoms with E-state index in [2.05, 4.69) is 12.2 Å². The molecule has 1 aromatic rings. The van der Waals surface area contributed by atoms with E-state index in [0.717, 1.165) is 50.0 Å². The summed E-state index contributed by atoms with van der Waals surface area (Å²) < 4.78 is 0. The molecule has 1 aliphatic heterocycles. The Morgan fingerprint density at radius 3 is 2.95 bits per heavy atom. The van der Waals surface area contributed by atoms with E-state index in [1.807, 2.05) is 30.0 Å². The van der Waals surface area contributed by atoms with Gasteiger partial charge in [0.2, 0.25) is 0 Å². The van der Waals surface area contributed by atoms with Gasteiger partial charge in [-0.2, -0.15) is 0 Å². The van der Waals surface area contributed by atoms with Crippen molar-refractivity contribution in [1.82, 2.24) is 10.2 Å². The van der Waals surface area contributed by atoms with Crippen molar-refractivity contribution in [3.63, 3.8) is 0 Å². The second-order valence-electron chi connectivity index (χ2n) is 5.81. The second kappa shape index (κ2) is 7.81. The maximum Gasteiger partial charge on any atom is 0.254 e. The highest BCUT2D eigenvalue weighted by molar-refractivity contribution is 6.31. The minimum atomic E-state index is 0.108. The van der Waals surface area contributed by atoms with Gasteiger partial charge in [0.05, 0.1) is 0 Å². The number of hydrogen-bond donors (Lipinski definition) is 1. The summed E-state index contributed by atoms with van der Waals surface area (Å²) in [6, 6.07) is 6.01. The van der Waals surface area contributed by atoms with Crippen molar-refractivity contribution in [3.05, 3.63) is 34.3 Å². The lowest BCUT2D eigenvalue weighted by Gasteiger charge is -2.26. The zero-order valence-corrected chi connectivity index (χ0v) is 13.7. The van der Waals surface area contributed by atoms with Gasteiger partial charge < -0.3 is 10.2 Å². The molecule has 116 valence electrons. The molecule has 0 bridgehead atoms. The van der Waals surface area contributed by atoms with Gasteiger partial charge in [-0.15, -0.1) is 0 Å². The fraction of sp³-hybridized carbons (Fsp3) is 0.588. The summed E-state index contributed by atoms with van der Waals surface area (Å²) in [6.45, 7) is 6.75. The number of carbonyl (C=O) groups excluding carboxylic acids is 1. The molecule has 4 heteroatoms. The van der Waals surface area contributed by atoms with Crippen LogP contribution in [0.4, 0.5) is 0 Å². The Kier molecular flexibility index (Phi) is 6.07. The predicted molar refractivity (Wildman–Crippen MR) is 88.0 cm³/mol. The molecule has 0 radical (unpaired) electrons. The number of amides is 1. The molecule has 1 aliphatic rings. The summed E-state index contributed by atoms with van der Waals surface area (Å²) in [5, 5.41) is 4.14. The maximum absolute atomic E-state index is 12.9. The van der Waals surface area contributed by atoms with E-state index >= 15 is 0 Å². The van der Waals surface area contributed by atoms with Crippen molar-refractivity contribution in [1.29, 1.82) is 0 Å². The van der Waals surface area contributed by atoms with Crippen molar-refractivity contribution in [2.24, 2.45) is 0 Å². The van der Waals surface area contributed by atoms with E-state index in [4.69, 9.17) is 11.6 Å². The zero-order valence-electron chi connectivity index (χ0n) is 13.0. The minimum absolute atomic E-state index is 0.108. The van der Waals surface area contributed by atoms with Crippen LogP contribution in [0, 0.1) is 6.92 Å². The molecule has 1 fully saturated rings. The van der Waals surface area contributed by atoms with Crippen molar-refractivity contribution in [3.8, 4) is 0 Å². The molecule has 1 aromatic carbocycles. The second-order valence-corrected chi connectivity index (χ2v) is 6.22. The number of halogens is 1.